The zero-order valence-electron chi connectivity index (χ0n) is 9.54. The van der Waals surface area contributed by atoms with Gasteiger partial charge in [0.1, 0.15) is 5.00 Å². The van der Waals surface area contributed by atoms with E-state index in [-0.39, 0.29) is 0 Å². The van der Waals surface area contributed by atoms with E-state index in [2.05, 4.69) is 9.46 Å². The van der Waals surface area contributed by atoms with Gasteiger partial charge < -0.3 is 4.74 Å². The number of anilines is 1. The molecule has 0 amide bonds. The molecule has 1 aromatic carbocycles. The fraction of sp³-hybridized carbons (Fsp3) is 0.182. The van der Waals surface area contributed by atoms with Crippen LogP contribution in [0.5, 0.6) is 0 Å². The van der Waals surface area contributed by atoms with Crippen molar-refractivity contribution < 1.29 is 17.9 Å². The summed E-state index contributed by atoms with van der Waals surface area (Å²) in [6.07, 6.45) is 0. The molecule has 5 nitrogen and oxygen atoms in total. The minimum Gasteiger partial charge on any atom is -0.468 e. The number of esters is 1. The largest absolute Gasteiger partial charge is 0.468 e. The van der Waals surface area contributed by atoms with E-state index in [4.69, 9.17) is 0 Å². The first-order valence-electron chi connectivity index (χ1n) is 5.06. The van der Waals surface area contributed by atoms with Crippen LogP contribution in [0.3, 0.4) is 0 Å². The van der Waals surface area contributed by atoms with E-state index < -0.39 is 21.7 Å². The van der Waals surface area contributed by atoms with Crippen molar-refractivity contribution in [1.82, 2.24) is 0 Å². The van der Waals surface area contributed by atoms with Crippen LogP contribution in [-0.2, 0) is 19.6 Å². The van der Waals surface area contributed by atoms with Gasteiger partial charge in [0.25, 0.3) is 0 Å². The van der Waals surface area contributed by atoms with Crippen molar-refractivity contribution in [3.63, 3.8) is 0 Å². The number of nitrogens with one attached hydrogen (secondary N) is 1. The van der Waals surface area contributed by atoms with E-state index >= 15 is 0 Å². The Hall–Kier alpha value is -1.60. The monoisotopic (exact) mass is 285 g/mol. The molecular weight excluding hydrogens is 274 g/mol. The first-order valence-corrected chi connectivity index (χ1v) is 7.53. The average molecular weight is 285 g/mol. The number of carbonyl (C=O) groups is 1. The van der Waals surface area contributed by atoms with Crippen molar-refractivity contribution in [2.24, 2.45) is 0 Å². The predicted molar refractivity (Wildman–Crippen MR) is 71.3 cm³/mol. The Balaban J connectivity index is 2.20. The van der Waals surface area contributed by atoms with E-state index in [1.165, 1.54) is 11.3 Å². The maximum atomic E-state index is 11.6. The molecule has 0 aliphatic rings. The molecule has 0 spiro atoms. The third kappa shape index (κ3) is 2.99. The smallest absolute Gasteiger partial charge is 0.322 e. The van der Waals surface area contributed by atoms with Gasteiger partial charge in [0, 0.05) is 4.70 Å². The molecule has 0 atom stereocenters. The highest BCUT2D eigenvalue weighted by molar-refractivity contribution is 7.93. The molecule has 1 aromatic heterocycles. The number of ether oxygens (including phenoxy) is 1. The van der Waals surface area contributed by atoms with E-state index in [0.717, 1.165) is 17.2 Å². The van der Waals surface area contributed by atoms with Crippen LogP contribution in [0.1, 0.15) is 0 Å². The summed E-state index contributed by atoms with van der Waals surface area (Å²) in [5, 5.41) is 1.44. The highest BCUT2D eigenvalue weighted by Gasteiger charge is 2.17. The molecule has 2 rings (SSSR count). The minimum absolute atomic E-state index is 0.486. The standard InChI is InChI=1S/C11H11NO4S2/c1-16-11(13)7-18(14,15)12-10-6-8-4-2-3-5-9(8)17-10/h2-6,12H,7H2,1H3. The Kier molecular flexibility index (Phi) is 3.53. The molecule has 0 aliphatic heterocycles. The number of thiophene rings is 1. The molecule has 1 N–H and O–H groups in total. The average Bonchev–Trinajstić information content (AvgIpc) is 2.68. The highest BCUT2D eigenvalue weighted by Crippen LogP contribution is 2.29. The zero-order valence-corrected chi connectivity index (χ0v) is 11.2. The van der Waals surface area contributed by atoms with Gasteiger partial charge in [-0.3, -0.25) is 9.52 Å². The molecule has 7 heteroatoms. The molecule has 96 valence electrons. The fourth-order valence-electron chi connectivity index (χ4n) is 1.44. The molecule has 0 aliphatic carbocycles. The number of hydrogen-bond donors (Lipinski definition) is 1. The number of benzene rings is 1. The van der Waals surface area contributed by atoms with Crippen LogP contribution in [0.25, 0.3) is 10.1 Å². The summed E-state index contributed by atoms with van der Waals surface area (Å²) in [4.78, 5) is 11.0. The summed E-state index contributed by atoms with van der Waals surface area (Å²) in [6.45, 7) is 0. The molecule has 0 unspecified atom stereocenters. The third-order valence-electron chi connectivity index (χ3n) is 2.22. The van der Waals surface area contributed by atoms with Crippen molar-refractivity contribution >= 4 is 42.4 Å². The number of rotatable bonds is 4. The summed E-state index contributed by atoms with van der Waals surface area (Å²) in [7, 11) is -2.56. The van der Waals surface area contributed by atoms with Gasteiger partial charge in [-0.25, -0.2) is 8.42 Å². The van der Waals surface area contributed by atoms with Crippen LogP contribution >= 0.6 is 11.3 Å². The second-order valence-electron chi connectivity index (χ2n) is 3.59. The Morgan fingerprint density at radius 1 is 1.39 bits per heavy atom. The van der Waals surface area contributed by atoms with Gasteiger partial charge in [0.05, 0.1) is 7.11 Å². The first-order chi connectivity index (χ1) is 8.50. The number of methoxy groups -OCH3 is 1. The summed E-state index contributed by atoms with van der Waals surface area (Å²) in [5.41, 5.74) is 0. The van der Waals surface area contributed by atoms with Gasteiger partial charge >= 0.3 is 5.97 Å². The normalized spacial score (nSPS) is 11.4. The maximum absolute atomic E-state index is 11.6. The maximum Gasteiger partial charge on any atom is 0.322 e. The Bertz CT molecular complexity index is 642. The Morgan fingerprint density at radius 2 is 2.11 bits per heavy atom. The molecule has 1 heterocycles. The summed E-state index contributed by atoms with van der Waals surface area (Å²) >= 11 is 1.32. The molecule has 0 radical (unpaired) electrons. The second kappa shape index (κ2) is 4.95. The van der Waals surface area contributed by atoms with Crippen LogP contribution < -0.4 is 4.72 Å². The minimum atomic E-state index is -3.71. The lowest BCUT2D eigenvalue weighted by Crippen LogP contribution is -2.23. The first kappa shape index (κ1) is 12.8. The van der Waals surface area contributed by atoms with Gasteiger partial charge in [0.15, 0.2) is 5.75 Å². The second-order valence-corrected chi connectivity index (χ2v) is 6.39. The van der Waals surface area contributed by atoms with Crippen molar-refractivity contribution in [2.45, 2.75) is 0 Å². The van der Waals surface area contributed by atoms with E-state index in [1.807, 2.05) is 24.3 Å². The Morgan fingerprint density at radius 3 is 2.78 bits per heavy atom. The predicted octanol–water partition coefficient (Wildman–Crippen LogP) is 1.82. The lowest BCUT2D eigenvalue weighted by atomic mass is 10.3. The Labute approximate surface area is 108 Å². The van der Waals surface area contributed by atoms with E-state index in [0.29, 0.717) is 5.00 Å². The van der Waals surface area contributed by atoms with Gasteiger partial charge in [0.2, 0.25) is 10.0 Å². The van der Waals surface area contributed by atoms with Gasteiger partial charge in [-0.15, -0.1) is 11.3 Å². The lowest BCUT2D eigenvalue weighted by molar-refractivity contribution is -0.137. The van der Waals surface area contributed by atoms with Gasteiger partial charge in [-0.05, 0) is 17.5 Å². The number of hydrogen-bond acceptors (Lipinski definition) is 5. The van der Waals surface area contributed by atoms with Crippen molar-refractivity contribution in [1.29, 1.82) is 0 Å². The molecule has 0 fully saturated rings. The van der Waals surface area contributed by atoms with Gasteiger partial charge in [-0.2, -0.15) is 0 Å². The summed E-state index contributed by atoms with van der Waals surface area (Å²) < 4.78 is 31.0. The SMILES string of the molecule is COC(=O)CS(=O)(=O)Nc1cc2ccccc2s1. The summed E-state index contributed by atoms with van der Waals surface area (Å²) in [5.74, 6) is -1.47. The molecule has 2 aromatic rings. The van der Waals surface area contributed by atoms with Crippen molar-refractivity contribution in [3.05, 3.63) is 30.3 Å². The molecule has 0 bridgehead atoms. The molecule has 18 heavy (non-hydrogen) atoms. The van der Waals surface area contributed by atoms with Crippen LogP contribution in [-0.4, -0.2) is 27.2 Å². The molecule has 0 saturated heterocycles. The van der Waals surface area contributed by atoms with Gasteiger partial charge in [-0.1, -0.05) is 18.2 Å². The van der Waals surface area contributed by atoms with Crippen LogP contribution in [0, 0.1) is 0 Å². The van der Waals surface area contributed by atoms with Crippen molar-refractivity contribution in [2.75, 3.05) is 17.6 Å². The zero-order chi connectivity index (χ0) is 13.2. The molecule has 0 saturated carbocycles. The lowest BCUT2D eigenvalue weighted by Gasteiger charge is -2.03. The van der Waals surface area contributed by atoms with Crippen LogP contribution in [0.2, 0.25) is 0 Å². The molecular formula is C11H11NO4S2. The topological polar surface area (TPSA) is 72.5 Å². The third-order valence-corrected chi connectivity index (χ3v) is 4.52. The number of fused-ring (bicyclic) bond motifs is 1. The fourth-order valence-corrected chi connectivity index (χ4v) is 3.66. The summed E-state index contributed by atoms with van der Waals surface area (Å²) in [6, 6.07) is 9.28. The van der Waals surface area contributed by atoms with Crippen molar-refractivity contribution in [3.8, 4) is 0 Å². The number of carbonyl (C=O) groups excluding carboxylic acids is 1. The van der Waals surface area contributed by atoms with Crippen LogP contribution in [0.4, 0.5) is 5.00 Å². The number of sulfonamides is 1. The van der Waals surface area contributed by atoms with E-state index in [9.17, 15) is 13.2 Å². The quantitative estimate of drug-likeness (QED) is 0.870. The highest BCUT2D eigenvalue weighted by atomic mass is 32.2. The van der Waals surface area contributed by atoms with E-state index in [1.54, 1.807) is 6.07 Å². The van der Waals surface area contributed by atoms with Crippen LogP contribution in [0.15, 0.2) is 30.3 Å².